The van der Waals surface area contributed by atoms with Crippen molar-refractivity contribution in [1.29, 1.82) is 0 Å². The van der Waals surface area contributed by atoms with E-state index < -0.39 is 33.6 Å². The Hall–Kier alpha value is -2.78. The maximum atomic E-state index is 12.5. The van der Waals surface area contributed by atoms with Crippen LogP contribution < -0.4 is 4.72 Å². The Kier molecular flexibility index (Phi) is 6.29. The number of non-ortho nitro benzene ring substituents is 1. The van der Waals surface area contributed by atoms with Gasteiger partial charge in [0.15, 0.2) is 0 Å². The molecule has 1 aliphatic carbocycles. The van der Waals surface area contributed by atoms with Crippen LogP contribution >= 0.6 is 0 Å². The maximum absolute atomic E-state index is 12.5. The van der Waals surface area contributed by atoms with Gasteiger partial charge in [0.05, 0.1) is 9.82 Å². The van der Waals surface area contributed by atoms with Crippen molar-refractivity contribution >= 4 is 21.7 Å². The molecular weight excluding hydrogens is 396 g/mol. The number of nitro benzene ring substituents is 1. The zero-order valence-corrected chi connectivity index (χ0v) is 16.8. The van der Waals surface area contributed by atoms with Gasteiger partial charge in [-0.3, -0.25) is 14.9 Å². The van der Waals surface area contributed by atoms with E-state index >= 15 is 0 Å². The first-order valence-electron chi connectivity index (χ1n) is 9.31. The molecule has 29 heavy (non-hydrogen) atoms. The van der Waals surface area contributed by atoms with Crippen molar-refractivity contribution in [3.63, 3.8) is 0 Å². The summed E-state index contributed by atoms with van der Waals surface area (Å²) in [6.45, 7) is 1.04. The van der Waals surface area contributed by atoms with E-state index in [2.05, 4.69) is 4.72 Å². The van der Waals surface area contributed by atoms with Gasteiger partial charge in [-0.1, -0.05) is 18.2 Å². The highest BCUT2D eigenvalue weighted by Crippen LogP contribution is 2.24. The fourth-order valence-corrected chi connectivity index (χ4v) is 4.33. The van der Waals surface area contributed by atoms with Crippen LogP contribution in [0, 0.1) is 10.1 Å². The summed E-state index contributed by atoms with van der Waals surface area (Å²) >= 11 is 0. The number of rotatable bonds is 7. The number of benzene rings is 2. The van der Waals surface area contributed by atoms with Gasteiger partial charge < -0.3 is 4.74 Å². The third-order valence-corrected chi connectivity index (χ3v) is 6.29. The number of nitrogens with zero attached hydrogens (tertiary/aromatic N) is 1. The number of hydrogen-bond acceptors (Lipinski definition) is 6. The van der Waals surface area contributed by atoms with Crippen molar-refractivity contribution < 1.29 is 22.9 Å². The molecule has 0 heterocycles. The number of ether oxygens (including phenoxy) is 1. The molecule has 0 saturated carbocycles. The Morgan fingerprint density at radius 3 is 2.62 bits per heavy atom. The number of sulfonamides is 1. The molecule has 0 aromatic heterocycles. The van der Waals surface area contributed by atoms with Crippen LogP contribution in [0.4, 0.5) is 5.69 Å². The lowest BCUT2D eigenvalue weighted by Gasteiger charge is -2.17. The molecule has 154 valence electrons. The molecular formula is C20H22N2O6S. The van der Waals surface area contributed by atoms with Crippen LogP contribution in [0.5, 0.6) is 0 Å². The Morgan fingerprint density at radius 1 is 1.17 bits per heavy atom. The first-order valence-corrected chi connectivity index (χ1v) is 10.8. The molecule has 0 bridgehead atoms. The maximum Gasteiger partial charge on any atom is 0.321 e. The molecule has 0 unspecified atom stereocenters. The van der Waals surface area contributed by atoms with Gasteiger partial charge in [0.1, 0.15) is 12.6 Å². The molecule has 0 saturated heterocycles. The first kappa shape index (κ1) is 20.9. The summed E-state index contributed by atoms with van der Waals surface area (Å²) in [5.74, 6) is -0.773. The van der Waals surface area contributed by atoms with Crippen LogP contribution in [-0.2, 0) is 32.4 Å². The summed E-state index contributed by atoms with van der Waals surface area (Å²) in [7, 11) is -3.85. The summed E-state index contributed by atoms with van der Waals surface area (Å²) in [6.07, 6.45) is 3.18. The molecule has 1 aliphatic rings. The highest BCUT2D eigenvalue weighted by molar-refractivity contribution is 7.89. The minimum Gasteiger partial charge on any atom is -0.457 e. The van der Waals surface area contributed by atoms with Crippen molar-refractivity contribution in [3.8, 4) is 0 Å². The van der Waals surface area contributed by atoms with Crippen LogP contribution in [0.1, 0.15) is 42.6 Å². The summed E-state index contributed by atoms with van der Waals surface area (Å²) in [6, 6.07) is 10.8. The van der Waals surface area contributed by atoms with Crippen molar-refractivity contribution in [3.05, 3.63) is 69.3 Å². The minimum atomic E-state index is -3.85. The molecule has 0 radical (unpaired) electrons. The van der Waals surface area contributed by atoms with Crippen molar-refractivity contribution in [1.82, 2.24) is 4.72 Å². The van der Waals surface area contributed by atoms with Gasteiger partial charge in [0.2, 0.25) is 10.0 Å². The van der Waals surface area contributed by atoms with Crippen molar-refractivity contribution in [2.45, 2.75) is 43.6 Å². The molecule has 3 rings (SSSR count). The van der Waals surface area contributed by atoms with E-state index in [1.54, 1.807) is 25.1 Å². The fraction of sp³-hybridized carbons (Fsp3) is 0.350. The zero-order valence-electron chi connectivity index (χ0n) is 16.0. The van der Waals surface area contributed by atoms with Crippen LogP contribution in [0.3, 0.4) is 0 Å². The minimum absolute atomic E-state index is 0.112. The average molecular weight is 418 g/mol. The summed E-state index contributed by atoms with van der Waals surface area (Å²) in [5, 5.41) is 10.9. The lowest BCUT2D eigenvalue weighted by Crippen LogP contribution is -2.31. The Morgan fingerprint density at radius 2 is 1.90 bits per heavy atom. The third-order valence-electron chi connectivity index (χ3n) is 4.90. The number of nitro groups is 1. The van der Waals surface area contributed by atoms with Gasteiger partial charge in [0, 0.05) is 12.1 Å². The molecule has 9 heteroatoms. The van der Waals surface area contributed by atoms with E-state index in [-0.39, 0.29) is 10.6 Å². The van der Waals surface area contributed by atoms with E-state index in [1.807, 2.05) is 6.07 Å². The highest BCUT2D eigenvalue weighted by Gasteiger charge is 2.20. The third kappa shape index (κ3) is 5.18. The SMILES string of the molecule is C[C@H](OC(=O)CNS(=O)(=O)c1ccc2c(c1)CCCC2)c1cccc([N+](=O)[O-])c1. The lowest BCUT2D eigenvalue weighted by atomic mass is 9.92. The van der Waals surface area contributed by atoms with E-state index in [1.165, 1.54) is 23.8 Å². The number of carbonyl (C=O) groups excluding carboxylic acids is 1. The van der Waals surface area contributed by atoms with Gasteiger partial charge in [-0.05, 0) is 61.4 Å². The molecule has 0 fully saturated rings. The van der Waals surface area contributed by atoms with Gasteiger partial charge in [-0.15, -0.1) is 0 Å². The van der Waals surface area contributed by atoms with Crippen LogP contribution in [0.2, 0.25) is 0 Å². The first-order chi connectivity index (χ1) is 13.8. The van der Waals surface area contributed by atoms with Gasteiger partial charge in [-0.25, -0.2) is 8.42 Å². The Bertz CT molecular complexity index is 1040. The molecule has 2 aromatic carbocycles. The second-order valence-electron chi connectivity index (χ2n) is 6.95. The topological polar surface area (TPSA) is 116 Å². The average Bonchev–Trinajstić information content (AvgIpc) is 2.72. The predicted octanol–water partition coefficient (Wildman–Crippen LogP) is 3.06. The number of aryl methyl sites for hydroxylation is 2. The van der Waals surface area contributed by atoms with Crippen LogP contribution in [0.15, 0.2) is 47.4 Å². The fourth-order valence-electron chi connectivity index (χ4n) is 3.31. The molecule has 2 aromatic rings. The predicted molar refractivity (Wildman–Crippen MR) is 106 cm³/mol. The number of esters is 1. The number of hydrogen-bond donors (Lipinski definition) is 1. The van der Waals surface area contributed by atoms with Gasteiger partial charge in [-0.2, -0.15) is 4.72 Å². The standard InChI is InChI=1S/C20H22N2O6S/c1-14(16-7-4-8-18(11-16)22(24)25)28-20(23)13-21-29(26,27)19-10-9-15-5-2-3-6-17(15)12-19/h4,7-12,14,21H,2-3,5-6,13H2,1H3/t14-/m0/s1. The van der Waals surface area contributed by atoms with Crippen molar-refractivity contribution in [2.24, 2.45) is 0 Å². The van der Waals surface area contributed by atoms with Crippen molar-refractivity contribution in [2.75, 3.05) is 6.54 Å². The smallest absolute Gasteiger partial charge is 0.321 e. The number of carbonyl (C=O) groups is 1. The van der Waals surface area contributed by atoms with E-state index in [9.17, 15) is 23.3 Å². The molecule has 0 spiro atoms. The van der Waals surface area contributed by atoms with Crippen LogP contribution in [0.25, 0.3) is 0 Å². The quantitative estimate of drug-likeness (QED) is 0.420. The number of nitrogens with one attached hydrogen (secondary N) is 1. The second kappa shape index (κ2) is 8.71. The largest absolute Gasteiger partial charge is 0.457 e. The van der Waals surface area contributed by atoms with Gasteiger partial charge >= 0.3 is 5.97 Å². The molecule has 8 nitrogen and oxygen atoms in total. The molecule has 1 N–H and O–H groups in total. The summed E-state index contributed by atoms with van der Waals surface area (Å²) in [5.41, 5.74) is 2.53. The monoisotopic (exact) mass is 418 g/mol. The van der Waals surface area contributed by atoms with E-state index in [0.29, 0.717) is 5.56 Å². The Balaban J connectivity index is 1.61. The molecule has 0 amide bonds. The van der Waals surface area contributed by atoms with Crippen LogP contribution in [-0.4, -0.2) is 25.9 Å². The second-order valence-corrected chi connectivity index (χ2v) is 8.71. The number of fused-ring (bicyclic) bond motifs is 1. The summed E-state index contributed by atoms with van der Waals surface area (Å²) < 4.78 is 32.5. The summed E-state index contributed by atoms with van der Waals surface area (Å²) in [4.78, 5) is 22.5. The van der Waals surface area contributed by atoms with Gasteiger partial charge in [0.25, 0.3) is 5.69 Å². The zero-order chi connectivity index (χ0) is 21.0. The highest BCUT2D eigenvalue weighted by atomic mass is 32.2. The molecule has 1 atom stereocenters. The Labute approximate surface area is 169 Å². The molecule has 0 aliphatic heterocycles. The normalized spacial score (nSPS) is 14.7. The van der Waals surface area contributed by atoms with E-state index in [0.717, 1.165) is 31.2 Å². The van der Waals surface area contributed by atoms with E-state index in [4.69, 9.17) is 4.74 Å². The lowest BCUT2D eigenvalue weighted by molar-refractivity contribution is -0.385.